The molecular weight excluding hydrogens is 151 g/mol. The summed E-state index contributed by atoms with van der Waals surface area (Å²) in [4.78, 5) is 0. The molecule has 0 spiro atoms. The first kappa shape index (κ1) is 12.7. The minimum Gasteiger partial charge on any atom is -0.397 e. The lowest BCUT2D eigenvalue weighted by atomic mass is 10.9. The Morgan fingerprint density at radius 2 is 1.40 bits per heavy atom. The average molecular weight is 168 g/mol. The van der Waals surface area contributed by atoms with Crippen LogP contribution in [-0.2, 0) is 8.85 Å². The number of hydrogen-bond acceptors (Lipinski definition) is 2. The summed E-state index contributed by atoms with van der Waals surface area (Å²) in [5.74, 6) is 0. The highest BCUT2D eigenvalue weighted by Crippen LogP contribution is 1.85. The Labute approximate surface area is 64.2 Å². The van der Waals surface area contributed by atoms with Gasteiger partial charge in [0.25, 0.3) is 0 Å². The van der Waals surface area contributed by atoms with Gasteiger partial charge < -0.3 is 8.85 Å². The minimum absolute atomic E-state index is 0.500. The molecule has 0 aliphatic heterocycles. The number of alkyl halides is 1. The Balaban J connectivity index is 0. The Morgan fingerprint density at radius 1 is 1.10 bits per heavy atom. The first-order valence-electron chi connectivity index (χ1n) is 3.42. The molecule has 0 saturated heterocycles. The first-order chi connectivity index (χ1) is 4.81. The predicted molar refractivity (Wildman–Crippen MR) is 43.3 cm³/mol. The zero-order valence-corrected chi connectivity index (χ0v) is 8.34. The maximum Gasteiger partial charge on any atom is 0.318 e. The molecule has 0 N–H and O–H groups in total. The van der Waals surface area contributed by atoms with Gasteiger partial charge in [0.2, 0.25) is 0 Å². The average Bonchev–Trinajstić information content (AvgIpc) is 1.93. The van der Waals surface area contributed by atoms with E-state index in [1.165, 1.54) is 0 Å². The standard InChI is InChI=1S/C5H14O2Si.CH3F/c1-4-6-8(3)7-5-2;1-2/h8H,4-5H2,1-3H3;1H3. The van der Waals surface area contributed by atoms with E-state index in [2.05, 4.69) is 0 Å². The summed E-state index contributed by atoms with van der Waals surface area (Å²) in [5, 5.41) is 0. The maximum absolute atomic E-state index is 9.50. The highest BCUT2D eigenvalue weighted by molar-refractivity contribution is 6.42. The molecule has 0 heterocycles. The third kappa shape index (κ3) is 10.9. The lowest BCUT2D eigenvalue weighted by Crippen LogP contribution is -2.17. The molecule has 4 heteroatoms. The Kier molecular flexibility index (Phi) is 15.0. The predicted octanol–water partition coefficient (Wildman–Crippen LogP) is 1.50. The van der Waals surface area contributed by atoms with Crippen LogP contribution in [0.1, 0.15) is 13.8 Å². The zero-order chi connectivity index (χ0) is 8.41. The van der Waals surface area contributed by atoms with E-state index in [-0.39, 0.29) is 0 Å². The van der Waals surface area contributed by atoms with Crippen molar-refractivity contribution in [2.75, 3.05) is 20.4 Å². The molecule has 0 saturated carbocycles. The Hall–Kier alpha value is 0.0669. The van der Waals surface area contributed by atoms with Crippen molar-refractivity contribution in [2.24, 2.45) is 0 Å². The molecule has 0 rings (SSSR count). The smallest absolute Gasteiger partial charge is 0.318 e. The Morgan fingerprint density at radius 3 is 1.60 bits per heavy atom. The van der Waals surface area contributed by atoms with Gasteiger partial charge in [-0.2, -0.15) is 0 Å². The van der Waals surface area contributed by atoms with Crippen LogP contribution in [0, 0.1) is 0 Å². The van der Waals surface area contributed by atoms with Gasteiger partial charge in [-0.15, -0.1) is 0 Å². The largest absolute Gasteiger partial charge is 0.397 e. The van der Waals surface area contributed by atoms with Crippen molar-refractivity contribution in [3.05, 3.63) is 0 Å². The van der Waals surface area contributed by atoms with Gasteiger partial charge in [0.15, 0.2) is 0 Å². The van der Waals surface area contributed by atoms with Crippen molar-refractivity contribution >= 4 is 9.28 Å². The van der Waals surface area contributed by atoms with Gasteiger partial charge in [-0.25, -0.2) is 0 Å². The SMILES string of the molecule is CCO[SiH](C)OCC.CF. The molecule has 0 unspecified atom stereocenters. The van der Waals surface area contributed by atoms with Crippen molar-refractivity contribution in [1.82, 2.24) is 0 Å². The maximum atomic E-state index is 9.50. The van der Waals surface area contributed by atoms with E-state index in [4.69, 9.17) is 8.85 Å². The van der Waals surface area contributed by atoms with Crippen LogP contribution in [0.4, 0.5) is 4.39 Å². The van der Waals surface area contributed by atoms with E-state index in [9.17, 15) is 4.39 Å². The fourth-order valence-electron chi connectivity index (χ4n) is 0.518. The minimum atomic E-state index is -1.20. The molecule has 0 aromatic carbocycles. The fourth-order valence-corrected chi connectivity index (χ4v) is 1.55. The normalized spacial score (nSPS) is 9.00. The van der Waals surface area contributed by atoms with Crippen LogP contribution in [0.2, 0.25) is 6.55 Å². The third-order valence-electron chi connectivity index (χ3n) is 0.803. The second kappa shape index (κ2) is 11.8. The van der Waals surface area contributed by atoms with Gasteiger partial charge in [-0.05, 0) is 20.4 Å². The van der Waals surface area contributed by atoms with Gasteiger partial charge in [0, 0.05) is 13.2 Å². The quantitative estimate of drug-likeness (QED) is 0.592. The van der Waals surface area contributed by atoms with E-state index in [1.54, 1.807) is 0 Å². The summed E-state index contributed by atoms with van der Waals surface area (Å²) in [6.07, 6.45) is 0. The Bertz CT molecular complexity index is 49.0. The second-order valence-corrected chi connectivity index (χ2v) is 3.28. The first-order valence-corrected chi connectivity index (χ1v) is 5.52. The zero-order valence-electron chi connectivity index (χ0n) is 7.19. The molecular formula is C6H17FO2Si. The van der Waals surface area contributed by atoms with Gasteiger partial charge in [0.05, 0.1) is 7.18 Å². The van der Waals surface area contributed by atoms with Crippen LogP contribution in [0.15, 0.2) is 0 Å². The van der Waals surface area contributed by atoms with Crippen LogP contribution < -0.4 is 0 Å². The van der Waals surface area contributed by atoms with Crippen LogP contribution in [0.3, 0.4) is 0 Å². The topological polar surface area (TPSA) is 18.5 Å². The van der Waals surface area contributed by atoms with E-state index in [0.29, 0.717) is 7.18 Å². The van der Waals surface area contributed by atoms with Gasteiger partial charge in [0.1, 0.15) is 0 Å². The molecule has 0 atom stereocenters. The molecule has 0 fully saturated rings. The summed E-state index contributed by atoms with van der Waals surface area (Å²) in [5.41, 5.74) is 0. The molecule has 0 aliphatic carbocycles. The molecule has 0 aromatic rings. The molecule has 64 valence electrons. The third-order valence-corrected chi connectivity index (χ3v) is 2.41. The van der Waals surface area contributed by atoms with Crippen LogP contribution in [0.25, 0.3) is 0 Å². The summed E-state index contributed by atoms with van der Waals surface area (Å²) in [7, 11) is -0.702. The molecule has 0 bridgehead atoms. The van der Waals surface area contributed by atoms with Crippen LogP contribution in [-0.4, -0.2) is 29.7 Å². The van der Waals surface area contributed by atoms with Crippen LogP contribution >= 0.6 is 0 Å². The summed E-state index contributed by atoms with van der Waals surface area (Å²) in [6, 6.07) is 0. The van der Waals surface area contributed by atoms with E-state index in [1.807, 2.05) is 20.4 Å². The van der Waals surface area contributed by atoms with Crippen molar-refractivity contribution in [2.45, 2.75) is 20.4 Å². The fraction of sp³-hybridized carbons (Fsp3) is 1.00. The number of rotatable bonds is 4. The van der Waals surface area contributed by atoms with Gasteiger partial charge in [-0.1, -0.05) is 0 Å². The number of hydrogen-bond donors (Lipinski definition) is 0. The lowest BCUT2D eigenvalue weighted by molar-refractivity contribution is 0.219. The van der Waals surface area contributed by atoms with E-state index in [0.717, 1.165) is 13.2 Å². The van der Waals surface area contributed by atoms with Crippen molar-refractivity contribution in [1.29, 1.82) is 0 Å². The van der Waals surface area contributed by atoms with E-state index >= 15 is 0 Å². The molecule has 0 aliphatic rings. The molecule has 10 heavy (non-hydrogen) atoms. The highest BCUT2D eigenvalue weighted by atomic mass is 28.3. The molecule has 2 nitrogen and oxygen atoms in total. The van der Waals surface area contributed by atoms with Crippen molar-refractivity contribution < 1.29 is 13.2 Å². The number of halogens is 1. The van der Waals surface area contributed by atoms with Gasteiger partial charge in [-0.3, -0.25) is 4.39 Å². The van der Waals surface area contributed by atoms with Crippen LogP contribution in [0.5, 0.6) is 0 Å². The van der Waals surface area contributed by atoms with Gasteiger partial charge >= 0.3 is 9.28 Å². The summed E-state index contributed by atoms with van der Waals surface area (Å²) in [6.45, 7) is 7.58. The van der Waals surface area contributed by atoms with E-state index < -0.39 is 9.28 Å². The van der Waals surface area contributed by atoms with Crippen molar-refractivity contribution in [3.63, 3.8) is 0 Å². The highest BCUT2D eigenvalue weighted by Gasteiger charge is 1.99. The molecule has 0 amide bonds. The molecule has 0 aromatic heterocycles. The summed E-state index contributed by atoms with van der Waals surface area (Å²) < 4.78 is 19.9. The lowest BCUT2D eigenvalue weighted by Gasteiger charge is -2.07. The summed E-state index contributed by atoms with van der Waals surface area (Å²) >= 11 is 0. The monoisotopic (exact) mass is 168 g/mol. The second-order valence-electron chi connectivity index (χ2n) is 1.48. The van der Waals surface area contributed by atoms with Crippen molar-refractivity contribution in [3.8, 4) is 0 Å². The molecule has 0 radical (unpaired) electrons.